The Balaban J connectivity index is 2.62. The second-order valence-electron chi connectivity index (χ2n) is 3.09. The maximum Gasteiger partial charge on any atom is 0.150 e. The fraction of sp³-hybridized carbons (Fsp3) is 0.100. The number of nitrogens with zero attached hydrogens (tertiary/aromatic N) is 2. The van der Waals surface area contributed by atoms with E-state index >= 15 is 0 Å². The van der Waals surface area contributed by atoms with Crippen molar-refractivity contribution in [2.45, 2.75) is 5.03 Å². The van der Waals surface area contributed by atoms with E-state index in [9.17, 15) is 4.39 Å². The zero-order valence-corrected chi connectivity index (χ0v) is 10.0. The quantitative estimate of drug-likeness (QED) is 0.842. The van der Waals surface area contributed by atoms with Crippen LogP contribution in [0.25, 0.3) is 5.69 Å². The van der Waals surface area contributed by atoms with Crippen LogP contribution < -0.4 is 5.73 Å². The molecule has 0 amide bonds. The van der Waals surface area contributed by atoms with E-state index in [1.165, 1.54) is 28.6 Å². The number of nitrogen functional groups attached to an aromatic ring is 1. The number of aromatic nitrogens is 2. The van der Waals surface area contributed by atoms with Gasteiger partial charge in [0.05, 0.1) is 5.02 Å². The summed E-state index contributed by atoms with van der Waals surface area (Å²) in [4.78, 5) is 0. The normalized spacial score (nSPS) is 10.7. The number of hydrogen-bond acceptors (Lipinski definition) is 3. The third-order valence-corrected chi connectivity index (χ3v) is 3.00. The summed E-state index contributed by atoms with van der Waals surface area (Å²) in [6.07, 6.45) is 1.87. The van der Waals surface area contributed by atoms with Gasteiger partial charge in [-0.3, -0.25) is 0 Å². The molecule has 0 saturated heterocycles. The molecular weight excluding hydrogens is 249 g/mol. The summed E-state index contributed by atoms with van der Waals surface area (Å²) < 4.78 is 14.9. The third-order valence-electron chi connectivity index (χ3n) is 2.07. The van der Waals surface area contributed by atoms with E-state index in [-0.39, 0.29) is 10.7 Å². The molecule has 3 nitrogen and oxygen atoms in total. The lowest BCUT2D eigenvalue weighted by Crippen LogP contribution is -2.04. The summed E-state index contributed by atoms with van der Waals surface area (Å²) in [5, 5.41) is 5.15. The van der Waals surface area contributed by atoms with E-state index in [2.05, 4.69) is 5.10 Å². The molecule has 0 atom stereocenters. The predicted molar refractivity (Wildman–Crippen MR) is 64.7 cm³/mol. The molecule has 1 heterocycles. The number of anilines is 1. The van der Waals surface area contributed by atoms with Crippen LogP contribution in [0.2, 0.25) is 5.02 Å². The monoisotopic (exact) mass is 257 g/mol. The van der Waals surface area contributed by atoms with Crippen LogP contribution in [0.4, 0.5) is 10.2 Å². The van der Waals surface area contributed by atoms with Crippen molar-refractivity contribution in [1.82, 2.24) is 9.78 Å². The van der Waals surface area contributed by atoms with Crippen molar-refractivity contribution in [3.05, 3.63) is 35.1 Å². The van der Waals surface area contributed by atoms with Crippen LogP contribution in [0.15, 0.2) is 29.3 Å². The average Bonchev–Trinajstić information content (AvgIpc) is 2.60. The van der Waals surface area contributed by atoms with Crippen LogP contribution in [0.5, 0.6) is 0 Å². The number of halogens is 2. The highest BCUT2D eigenvalue weighted by molar-refractivity contribution is 7.98. The van der Waals surface area contributed by atoms with Crippen LogP contribution in [0, 0.1) is 5.82 Å². The maximum atomic E-state index is 13.6. The van der Waals surface area contributed by atoms with E-state index in [4.69, 9.17) is 17.3 Å². The van der Waals surface area contributed by atoms with E-state index in [0.29, 0.717) is 5.82 Å². The molecule has 0 radical (unpaired) electrons. The van der Waals surface area contributed by atoms with Gasteiger partial charge in [0.2, 0.25) is 0 Å². The summed E-state index contributed by atoms with van der Waals surface area (Å²) in [5.74, 6) is -0.0914. The van der Waals surface area contributed by atoms with Crippen molar-refractivity contribution < 1.29 is 4.39 Å². The number of para-hydroxylation sites is 1. The van der Waals surface area contributed by atoms with Crippen molar-refractivity contribution in [3.8, 4) is 5.69 Å². The molecule has 0 aliphatic heterocycles. The molecule has 0 unspecified atom stereocenters. The highest BCUT2D eigenvalue weighted by Crippen LogP contribution is 2.27. The van der Waals surface area contributed by atoms with Crippen LogP contribution in [0.1, 0.15) is 0 Å². The summed E-state index contributed by atoms with van der Waals surface area (Å²) >= 11 is 7.36. The Kier molecular flexibility index (Phi) is 3.07. The Morgan fingerprint density at radius 3 is 2.81 bits per heavy atom. The molecule has 0 aliphatic rings. The number of benzene rings is 1. The molecule has 0 saturated carbocycles. The first-order chi connectivity index (χ1) is 7.63. The van der Waals surface area contributed by atoms with Gasteiger partial charge in [0.15, 0.2) is 0 Å². The molecule has 0 fully saturated rings. The smallest absolute Gasteiger partial charge is 0.150 e. The number of thioether (sulfide) groups is 1. The molecule has 1 aromatic heterocycles. The molecule has 0 aliphatic carbocycles. The highest BCUT2D eigenvalue weighted by Gasteiger charge is 2.13. The van der Waals surface area contributed by atoms with Gasteiger partial charge in [0, 0.05) is 6.07 Å². The minimum absolute atomic E-state index is 0.182. The minimum Gasteiger partial charge on any atom is -0.384 e. The number of rotatable bonds is 2. The van der Waals surface area contributed by atoms with Crippen molar-refractivity contribution >= 4 is 29.2 Å². The fourth-order valence-electron chi connectivity index (χ4n) is 1.34. The average molecular weight is 258 g/mol. The topological polar surface area (TPSA) is 43.8 Å². The van der Waals surface area contributed by atoms with Crippen molar-refractivity contribution in [1.29, 1.82) is 0 Å². The molecule has 2 N–H and O–H groups in total. The molecule has 84 valence electrons. The Labute approximate surface area is 101 Å². The van der Waals surface area contributed by atoms with Gasteiger partial charge in [-0.1, -0.05) is 17.7 Å². The first-order valence-electron chi connectivity index (χ1n) is 4.47. The van der Waals surface area contributed by atoms with Gasteiger partial charge in [-0.2, -0.15) is 5.10 Å². The summed E-state index contributed by atoms with van der Waals surface area (Å²) in [5.41, 5.74) is 5.93. The van der Waals surface area contributed by atoms with Crippen LogP contribution in [0.3, 0.4) is 0 Å². The molecule has 16 heavy (non-hydrogen) atoms. The lowest BCUT2D eigenvalue weighted by Gasteiger charge is -2.06. The van der Waals surface area contributed by atoms with Gasteiger partial charge in [-0.05, 0) is 18.4 Å². The maximum absolute atomic E-state index is 13.6. The lowest BCUT2D eigenvalue weighted by molar-refractivity contribution is 0.610. The largest absolute Gasteiger partial charge is 0.384 e. The van der Waals surface area contributed by atoms with Crippen molar-refractivity contribution in [3.63, 3.8) is 0 Å². The molecule has 0 bridgehead atoms. The molecule has 2 rings (SSSR count). The van der Waals surface area contributed by atoms with Crippen LogP contribution >= 0.6 is 23.4 Å². The highest BCUT2D eigenvalue weighted by atomic mass is 35.5. The van der Waals surface area contributed by atoms with Gasteiger partial charge in [-0.15, -0.1) is 11.8 Å². The summed E-state index contributed by atoms with van der Waals surface area (Å²) in [6, 6.07) is 6.13. The van der Waals surface area contributed by atoms with Crippen LogP contribution in [-0.2, 0) is 0 Å². The Hall–Kier alpha value is -1.20. The van der Waals surface area contributed by atoms with Gasteiger partial charge >= 0.3 is 0 Å². The Morgan fingerprint density at radius 1 is 1.50 bits per heavy atom. The molecule has 1 aromatic carbocycles. The van der Waals surface area contributed by atoms with Gasteiger partial charge in [-0.25, -0.2) is 9.07 Å². The third kappa shape index (κ3) is 1.88. The number of hydrogen-bond donors (Lipinski definition) is 1. The molecular formula is C10H9ClFN3S. The first kappa shape index (κ1) is 11.3. The van der Waals surface area contributed by atoms with E-state index in [1.807, 2.05) is 6.26 Å². The predicted octanol–water partition coefficient (Wildman–Crippen LogP) is 2.97. The first-order valence-corrected chi connectivity index (χ1v) is 6.07. The Morgan fingerprint density at radius 2 is 2.25 bits per heavy atom. The second-order valence-corrected chi connectivity index (χ2v) is 4.33. The summed E-state index contributed by atoms with van der Waals surface area (Å²) in [7, 11) is 0. The van der Waals surface area contributed by atoms with Gasteiger partial charge < -0.3 is 5.73 Å². The molecule has 0 spiro atoms. The zero-order valence-electron chi connectivity index (χ0n) is 8.45. The van der Waals surface area contributed by atoms with Gasteiger partial charge in [0.25, 0.3) is 0 Å². The van der Waals surface area contributed by atoms with Crippen molar-refractivity contribution in [2.24, 2.45) is 0 Å². The van der Waals surface area contributed by atoms with E-state index in [1.54, 1.807) is 12.1 Å². The Bertz CT molecular complexity index is 507. The van der Waals surface area contributed by atoms with E-state index < -0.39 is 5.82 Å². The van der Waals surface area contributed by atoms with Crippen molar-refractivity contribution in [2.75, 3.05) is 12.0 Å². The van der Waals surface area contributed by atoms with Crippen LogP contribution in [-0.4, -0.2) is 16.0 Å². The lowest BCUT2D eigenvalue weighted by atomic mass is 10.3. The fourth-order valence-corrected chi connectivity index (χ4v) is 1.99. The molecule has 2 aromatic rings. The standard InChI is InChI=1S/C10H9ClFN3S/c1-16-9-5-8(13)15(14-9)10-6(11)3-2-4-7(10)12/h2-5H,13H2,1H3. The zero-order chi connectivity index (χ0) is 11.7. The second kappa shape index (κ2) is 4.35. The molecule has 6 heteroatoms. The minimum atomic E-state index is -0.449. The summed E-state index contributed by atoms with van der Waals surface area (Å²) in [6.45, 7) is 0. The van der Waals surface area contributed by atoms with Gasteiger partial charge in [0.1, 0.15) is 22.3 Å². The van der Waals surface area contributed by atoms with E-state index in [0.717, 1.165) is 5.03 Å². The number of nitrogens with two attached hydrogens (primary N) is 1. The SMILES string of the molecule is CSc1cc(N)n(-c2c(F)cccc2Cl)n1.